The molecule has 1 aliphatic rings. The number of nitrogens with one attached hydrogen (secondary N) is 1. The zero-order valence-electron chi connectivity index (χ0n) is 16.4. The third kappa shape index (κ3) is 3.89. The number of aromatic nitrogens is 4. The van der Waals surface area contributed by atoms with Gasteiger partial charge in [-0.15, -0.1) is 0 Å². The van der Waals surface area contributed by atoms with Crippen molar-refractivity contribution in [3.63, 3.8) is 0 Å². The van der Waals surface area contributed by atoms with Gasteiger partial charge in [0.25, 0.3) is 11.7 Å². The van der Waals surface area contributed by atoms with E-state index in [9.17, 15) is 9.59 Å². The van der Waals surface area contributed by atoms with Gasteiger partial charge in [-0.05, 0) is 26.0 Å². The summed E-state index contributed by atoms with van der Waals surface area (Å²) in [5, 5.41) is 7.04. The van der Waals surface area contributed by atoms with Crippen molar-refractivity contribution in [3.8, 4) is 0 Å². The number of nitrogens with zero attached hydrogens (tertiary/aromatic N) is 6. The van der Waals surface area contributed by atoms with Gasteiger partial charge in [-0.2, -0.15) is 14.6 Å². The number of rotatable bonds is 4. The average molecular weight is 393 g/mol. The van der Waals surface area contributed by atoms with Gasteiger partial charge in [-0.3, -0.25) is 9.59 Å². The van der Waals surface area contributed by atoms with E-state index in [1.807, 2.05) is 19.1 Å². The van der Waals surface area contributed by atoms with Crippen LogP contribution in [0.15, 0.2) is 42.7 Å². The molecule has 1 atom stereocenters. The van der Waals surface area contributed by atoms with Gasteiger partial charge in [0.2, 0.25) is 5.91 Å². The first-order chi connectivity index (χ1) is 14.0. The number of piperazine rings is 1. The Morgan fingerprint density at radius 3 is 2.55 bits per heavy atom. The molecule has 1 unspecified atom stereocenters. The fourth-order valence-electron chi connectivity index (χ4n) is 3.50. The molecule has 1 N–H and O–H groups in total. The number of hydrogen-bond donors (Lipinski definition) is 1. The first-order valence-corrected chi connectivity index (χ1v) is 9.60. The number of hydrogen-bond acceptors (Lipinski definition) is 6. The van der Waals surface area contributed by atoms with Crippen molar-refractivity contribution in [2.24, 2.45) is 0 Å². The minimum absolute atomic E-state index is 0.0780. The predicted molar refractivity (Wildman–Crippen MR) is 108 cm³/mol. The molecule has 9 heteroatoms. The highest BCUT2D eigenvalue weighted by Crippen LogP contribution is 2.18. The van der Waals surface area contributed by atoms with E-state index in [0.717, 1.165) is 11.5 Å². The topological polar surface area (TPSA) is 95.7 Å². The highest BCUT2D eigenvalue weighted by molar-refractivity contribution is 5.97. The first kappa shape index (κ1) is 18.9. The predicted octanol–water partition coefficient (Wildman–Crippen LogP) is 0.900. The van der Waals surface area contributed by atoms with E-state index < -0.39 is 6.04 Å². The molecule has 0 bridgehead atoms. The van der Waals surface area contributed by atoms with E-state index in [4.69, 9.17) is 0 Å². The first-order valence-electron chi connectivity index (χ1n) is 9.60. The lowest BCUT2D eigenvalue weighted by molar-refractivity contribution is -0.133. The van der Waals surface area contributed by atoms with Gasteiger partial charge in [0.05, 0.1) is 0 Å². The molecule has 1 aromatic carbocycles. The molecule has 0 saturated carbocycles. The Morgan fingerprint density at radius 1 is 1.10 bits per heavy atom. The number of amides is 2. The Bertz CT molecular complexity index is 1030. The quantitative estimate of drug-likeness (QED) is 0.708. The number of anilines is 1. The Hall–Kier alpha value is -3.49. The average Bonchev–Trinajstić information content (AvgIpc) is 3.21. The van der Waals surface area contributed by atoms with Crippen LogP contribution >= 0.6 is 0 Å². The summed E-state index contributed by atoms with van der Waals surface area (Å²) < 4.78 is 1.72. The van der Waals surface area contributed by atoms with Crippen LogP contribution < -0.4 is 10.2 Å². The number of benzene rings is 1. The summed E-state index contributed by atoms with van der Waals surface area (Å²) in [6.45, 7) is 6.13. The molecule has 1 aliphatic heterocycles. The highest BCUT2D eigenvalue weighted by Gasteiger charge is 2.27. The van der Waals surface area contributed by atoms with E-state index in [-0.39, 0.29) is 11.8 Å². The summed E-state index contributed by atoms with van der Waals surface area (Å²) in [5.74, 6) is 1.16. The molecule has 0 radical (unpaired) electrons. The minimum Gasteiger partial charge on any atom is -0.353 e. The third-order valence-corrected chi connectivity index (χ3v) is 5.03. The van der Waals surface area contributed by atoms with E-state index in [0.29, 0.717) is 37.5 Å². The third-order valence-electron chi connectivity index (χ3n) is 5.03. The van der Waals surface area contributed by atoms with E-state index in [1.54, 1.807) is 40.6 Å². The SMILES string of the molecule is Cc1cc(N2CCN(C(=O)C(C)NC(=O)c3ccccc3)CC2)n2ncnc2n1. The molecule has 3 heterocycles. The van der Waals surface area contributed by atoms with Crippen molar-refractivity contribution < 1.29 is 9.59 Å². The second-order valence-corrected chi connectivity index (χ2v) is 7.10. The fourth-order valence-corrected chi connectivity index (χ4v) is 3.50. The second-order valence-electron chi connectivity index (χ2n) is 7.10. The van der Waals surface area contributed by atoms with Gasteiger partial charge in [0.1, 0.15) is 18.2 Å². The molecule has 0 aliphatic carbocycles. The molecular weight excluding hydrogens is 370 g/mol. The molecule has 150 valence electrons. The van der Waals surface area contributed by atoms with Crippen LogP contribution in [0.3, 0.4) is 0 Å². The monoisotopic (exact) mass is 393 g/mol. The Balaban J connectivity index is 1.38. The summed E-state index contributed by atoms with van der Waals surface area (Å²) >= 11 is 0. The number of carbonyl (C=O) groups is 2. The van der Waals surface area contributed by atoms with E-state index in [2.05, 4.69) is 25.3 Å². The van der Waals surface area contributed by atoms with Crippen LogP contribution in [-0.2, 0) is 4.79 Å². The maximum atomic E-state index is 12.8. The molecule has 0 spiro atoms. The Kier molecular flexibility index (Phi) is 5.11. The summed E-state index contributed by atoms with van der Waals surface area (Å²) in [5.41, 5.74) is 1.41. The van der Waals surface area contributed by atoms with Crippen LogP contribution in [0.1, 0.15) is 23.0 Å². The minimum atomic E-state index is -0.584. The zero-order valence-corrected chi connectivity index (χ0v) is 16.4. The zero-order chi connectivity index (χ0) is 20.4. The maximum absolute atomic E-state index is 12.8. The highest BCUT2D eigenvalue weighted by atomic mass is 16.2. The lowest BCUT2D eigenvalue weighted by Crippen LogP contribution is -2.54. The molecule has 1 saturated heterocycles. The largest absolute Gasteiger partial charge is 0.353 e. The number of aryl methyl sites for hydroxylation is 1. The molecule has 3 aromatic rings. The van der Waals surface area contributed by atoms with Crippen LogP contribution in [0.4, 0.5) is 5.82 Å². The summed E-state index contributed by atoms with van der Waals surface area (Å²) in [4.78, 5) is 37.6. The van der Waals surface area contributed by atoms with Crippen LogP contribution in [0, 0.1) is 6.92 Å². The molecule has 1 fully saturated rings. The lowest BCUT2D eigenvalue weighted by atomic mass is 10.2. The van der Waals surface area contributed by atoms with Crippen molar-refractivity contribution in [1.82, 2.24) is 29.8 Å². The van der Waals surface area contributed by atoms with Gasteiger partial charge in [-0.1, -0.05) is 18.2 Å². The van der Waals surface area contributed by atoms with Crippen molar-refractivity contribution in [2.75, 3.05) is 31.1 Å². The molecule has 9 nitrogen and oxygen atoms in total. The Morgan fingerprint density at radius 2 is 1.83 bits per heavy atom. The van der Waals surface area contributed by atoms with Gasteiger partial charge >= 0.3 is 0 Å². The standard InChI is InChI=1S/C20H23N7O2/c1-14-12-17(27-20(23-14)21-13-22-27)25-8-10-26(11-9-25)19(29)15(2)24-18(28)16-6-4-3-5-7-16/h3-7,12-13,15H,8-11H2,1-2H3,(H,24,28). The molecular formula is C20H23N7O2. The van der Waals surface area contributed by atoms with Gasteiger partial charge < -0.3 is 15.1 Å². The van der Waals surface area contributed by atoms with Crippen molar-refractivity contribution in [2.45, 2.75) is 19.9 Å². The van der Waals surface area contributed by atoms with Crippen molar-refractivity contribution >= 4 is 23.4 Å². The summed E-state index contributed by atoms with van der Waals surface area (Å²) in [7, 11) is 0. The molecule has 4 rings (SSSR count). The molecule has 29 heavy (non-hydrogen) atoms. The van der Waals surface area contributed by atoms with Crippen molar-refractivity contribution in [1.29, 1.82) is 0 Å². The maximum Gasteiger partial charge on any atom is 0.254 e. The number of carbonyl (C=O) groups excluding carboxylic acids is 2. The molecule has 2 amide bonds. The normalized spacial score (nSPS) is 15.4. The Labute approximate surface area is 168 Å². The number of fused-ring (bicyclic) bond motifs is 1. The second kappa shape index (κ2) is 7.86. The van der Waals surface area contributed by atoms with Gasteiger partial charge in [0.15, 0.2) is 0 Å². The molecule has 2 aromatic heterocycles. The van der Waals surface area contributed by atoms with E-state index >= 15 is 0 Å². The fraction of sp³-hybridized carbons (Fsp3) is 0.350. The lowest BCUT2D eigenvalue weighted by Gasteiger charge is -2.37. The summed E-state index contributed by atoms with van der Waals surface area (Å²) in [6.07, 6.45) is 1.49. The summed E-state index contributed by atoms with van der Waals surface area (Å²) in [6, 6.07) is 10.3. The van der Waals surface area contributed by atoms with Crippen molar-refractivity contribution in [3.05, 3.63) is 54.0 Å². The smallest absolute Gasteiger partial charge is 0.254 e. The van der Waals surface area contributed by atoms with E-state index in [1.165, 1.54) is 6.33 Å². The van der Waals surface area contributed by atoms with Gasteiger partial charge in [-0.25, -0.2) is 4.98 Å². The van der Waals surface area contributed by atoms with Crippen LogP contribution in [0.2, 0.25) is 0 Å². The van der Waals surface area contributed by atoms with Gasteiger partial charge in [0, 0.05) is 43.5 Å². The van der Waals surface area contributed by atoms with Crippen LogP contribution in [0.5, 0.6) is 0 Å². The van der Waals surface area contributed by atoms with Crippen LogP contribution in [0.25, 0.3) is 5.78 Å². The van der Waals surface area contributed by atoms with Crippen LogP contribution in [-0.4, -0.2) is 68.5 Å².